The lowest BCUT2D eigenvalue weighted by atomic mass is 10.2. The van der Waals surface area contributed by atoms with Gasteiger partial charge in [-0.25, -0.2) is 4.79 Å². The van der Waals surface area contributed by atoms with Crippen LogP contribution >= 0.6 is 11.8 Å². The smallest absolute Gasteiger partial charge is 0.322 e. The van der Waals surface area contributed by atoms with E-state index in [0.29, 0.717) is 18.8 Å². The summed E-state index contributed by atoms with van der Waals surface area (Å²) in [5.74, 6) is 0.908. The number of carbonyl (C=O) groups is 1. The number of urea groups is 1. The minimum atomic E-state index is -0.0531. The van der Waals surface area contributed by atoms with Gasteiger partial charge in [0.15, 0.2) is 0 Å². The fourth-order valence-corrected chi connectivity index (χ4v) is 3.32. The first kappa shape index (κ1) is 12.6. The van der Waals surface area contributed by atoms with Gasteiger partial charge in [0.1, 0.15) is 0 Å². The third-order valence-corrected chi connectivity index (χ3v) is 4.39. The summed E-state index contributed by atoms with van der Waals surface area (Å²) in [6.07, 6.45) is 0.887. The fraction of sp³-hybridized carbons (Fsp3) is 0.462. The van der Waals surface area contributed by atoms with E-state index in [4.69, 9.17) is 10.5 Å². The molecule has 0 radical (unpaired) electrons. The highest BCUT2D eigenvalue weighted by Gasteiger charge is 2.26. The SMILES string of the molecule is Nc1ccc2c(c1)N(C(=O)NC1CCOC1)CCS2. The molecular formula is C13H17N3O2S. The van der Waals surface area contributed by atoms with Crippen molar-refractivity contribution >= 4 is 29.2 Å². The lowest BCUT2D eigenvalue weighted by Crippen LogP contribution is -2.47. The van der Waals surface area contributed by atoms with E-state index in [1.807, 2.05) is 18.2 Å². The molecule has 2 heterocycles. The number of nitrogens with two attached hydrogens (primary N) is 1. The van der Waals surface area contributed by atoms with Crippen molar-refractivity contribution in [3.63, 3.8) is 0 Å². The normalized spacial score (nSPS) is 22.1. The average molecular weight is 279 g/mol. The van der Waals surface area contributed by atoms with Gasteiger partial charge in [-0.15, -0.1) is 11.8 Å². The number of nitrogens with zero attached hydrogens (tertiary/aromatic N) is 1. The summed E-state index contributed by atoms with van der Waals surface area (Å²) in [7, 11) is 0. The van der Waals surface area contributed by atoms with E-state index in [2.05, 4.69) is 5.32 Å². The van der Waals surface area contributed by atoms with Gasteiger partial charge in [0.05, 0.1) is 18.3 Å². The van der Waals surface area contributed by atoms with Gasteiger partial charge in [0.2, 0.25) is 0 Å². The molecule has 3 rings (SSSR count). The number of anilines is 2. The number of ether oxygens (including phenoxy) is 1. The first-order valence-electron chi connectivity index (χ1n) is 6.42. The van der Waals surface area contributed by atoms with Crippen LogP contribution in [0.4, 0.5) is 16.2 Å². The molecule has 1 aromatic carbocycles. The molecule has 0 aliphatic carbocycles. The van der Waals surface area contributed by atoms with E-state index in [-0.39, 0.29) is 12.1 Å². The van der Waals surface area contributed by atoms with Gasteiger partial charge < -0.3 is 15.8 Å². The van der Waals surface area contributed by atoms with Crippen molar-refractivity contribution in [1.82, 2.24) is 5.32 Å². The highest BCUT2D eigenvalue weighted by atomic mass is 32.2. The molecule has 2 amide bonds. The summed E-state index contributed by atoms with van der Waals surface area (Å²) in [6.45, 7) is 2.04. The second-order valence-corrected chi connectivity index (χ2v) is 5.87. The van der Waals surface area contributed by atoms with Gasteiger partial charge in [0, 0.05) is 29.5 Å². The maximum Gasteiger partial charge on any atom is 0.322 e. The highest BCUT2D eigenvalue weighted by molar-refractivity contribution is 7.99. The maximum atomic E-state index is 12.3. The van der Waals surface area contributed by atoms with E-state index in [1.54, 1.807) is 16.7 Å². The van der Waals surface area contributed by atoms with Crippen LogP contribution in [-0.4, -0.2) is 37.6 Å². The standard InChI is InChI=1S/C13H17N3O2S/c14-9-1-2-12-11(7-9)16(4-6-19-12)13(17)15-10-3-5-18-8-10/h1-2,7,10H,3-6,8,14H2,(H,15,17). The van der Waals surface area contributed by atoms with E-state index in [1.165, 1.54) is 0 Å². The second kappa shape index (κ2) is 5.30. The van der Waals surface area contributed by atoms with Gasteiger partial charge in [0.25, 0.3) is 0 Å². The first-order chi connectivity index (χ1) is 9.24. The molecule has 1 unspecified atom stereocenters. The Morgan fingerprint density at radius 3 is 3.21 bits per heavy atom. The minimum Gasteiger partial charge on any atom is -0.399 e. The van der Waals surface area contributed by atoms with Crippen LogP contribution in [-0.2, 0) is 4.74 Å². The van der Waals surface area contributed by atoms with Crippen LogP contribution in [0.1, 0.15) is 6.42 Å². The third-order valence-electron chi connectivity index (χ3n) is 3.35. The van der Waals surface area contributed by atoms with Crippen LogP contribution in [0.2, 0.25) is 0 Å². The Morgan fingerprint density at radius 2 is 2.42 bits per heavy atom. The van der Waals surface area contributed by atoms with Crippen molar-refractivity contribution in [2.75, 3.05) is 36.1 Å². The zero-order valence-electron chi connectivity index (χ0n) is 10.6. The molecule has 0 bridgehead atoms. The summed E-state index contributed by atoms with van der Waals surface area (Å²) >= 11 is 1.76. The molecule has 6 heteroatoms. The number of thioether (sulfide) groups is 1. The van der Waals surface area contributed by atoms with E-state index >= 15 is 0 Å². The molecule has 3 N–H and O–H groups in total. The van der Waals surface area contributed by atoms with E-state index in [9.17, 15) is 4.79 Å². The predicted octanol–water partition coefficient (Wildman–Crippen LogP) is 1.68. The zero-order valence-corrected chi connectivity index (χ0v) is 11.4. The molecule has 1 atom stereocenters. The molecule has 2 aliphatic heterocycles. The van der Waals surface area contributed by atoms with Gasteiger partial charge in [-0.05, 0) is 24.6 Å². The van der Waals surface area contributed by atoms with Crippen molar-refractivity contribution in [1.29, 1.82) is 0 Å². The zero-order chi connectivity index (χ0) is 13.2. The third kappa shape index (κ3) is 2.64. The van der Waals surface area contributed by atoms with Crippen LogP contribution in [0.15, 0.2) is 23.1 Å². The monoisotopic (exact) mass is 279 g/mol. The van der Waals surface area contributed by atoms with Crippen molar-refractivity contribution in [2.24, 2.45) is 0 Å². The molecule has 5 nitrogen and oxygen atoms in total. The molecule has 2 aliphatic rings. The quantitative estimate of drug-likeness (QED) is 0.768. The minimum absolute atomic E-state index is 0.0531. The predicted molar refractivity (Wildman–Crippen MR) is 76.7 cm³/mol. The van der Waals surface area contributed by atoms with Crippen LogP contribution in [0.25, 0.3) is 0 Å². The van der Waals surface area contributed by atoms with Crippen LogP contribution in [0.3, 0.4) is 0 Å². The number of hydrogen-bond donors (Lipinski definition) is 2. The summed E-state index contributed by atoms with van der Waals surface area (Å²) in [5.41, 5.74) is 7.41. The number of benzene rings is 1. The van der Waals surface area contributed by atoms with Gasteiger partial charge in [-0.3, -0.25) is 4.90 Å². The Labute approximate surface area is 116 Å². The van der Waals surface area contributed by atoms with Crippen molar-refractivity contribution < 1.29 is 9.53 Å². The number of hydrogen-bond acceptors (Lipinski definition) is 4. The van der Waals surface area contributed by atoms with Gasteiger partial charge in [-0.1, -0.05) is 0 Å². The van der Waals surface area contributed by atoms with E-state index in [0.717, 1.165) is 29.4 Å². The van der Waals surface area contributed by atoms with Gasteiger partial charge >= 0.3 is 6.03 Å². The topological polar surface area (TPSA) is 67.6 Å². The summed E-state index contributed by atoms with van der Waals surface area (Å²) < 4.78 is 5.28. The summed E-state index contributed by atoms with van der Waals surface area (Å²) in [4.78, 5) is 15.2. The maximum absolute atomic E-state index is 12.3. The molecule has 1 fully saturated rings. The molecule has 0 saturated carbocycles. The number of rotatable bonds is 1. The lowest BCUT2D eigenvalue weighted by molar-refractivity contribution is 0.189. The van der Waals surface area contributed by atoms with Crippen molar-refractivity contribution in [2.45, 2.75) is 17.4 Å². The lowest BCUT2D eigenvalue weighted by Gasteiger charge is -2.30. The number of carbonyl (C=O) groups excluding carboxylic acids is 1. The average Bonchev–Trinajstić information content (AvgIpc) is 2.90. The van der Waals surface area contributed by atoms with Crippen molar-refractivity contribution in [3.05, 3.63) is 18.2 Å². The number of fused-ring (bicyclic) bond motifs is 1. The summed E-state index contributed by atoms with van der Waals surface area (Å²) in [5, 5.41) is 3.02. The Hall–Kier alpha value is -1.40. The molecule has 1 aromatic rings. The van der Waals surface area contributed by atoms with Crippen molar-refractivity contribution in [3.8, 4) is 0 Å². The number of amides is 2. The number of nitrogen functional groups attached to an aromatic ring is 1. The Morgan fingerprint density at radius 1 is 1.53 bits per heavy atom. The molecule has 102 valence electrons. The summed E-state index contributed by atoms with van der Waals surface area (Å²) in [6, 6.07) is 5.80. The van der Waals surface area contributed by atoms with Crippen LogP contribution in [0, 0.1) is 0 Å². The Balaban J connectivity index is 1.78. The Bertz CT molecular complexity index is 489. The molecule has 0 aromatic heterocycles. The highest BCUT2D eigenvalue weighted by Crippen LogP contribution is 2.36. The molecular weight excluding hydrogens is 262 g/mol. The molecule has 19 heavy (non-hydrogen) atoms. The van der Waals surface area contributed by atoms with Gasteiger partial charge in [-0.2, -0.15) is 0 Å². The van der Waals surface area contributed by atoms with Crippen LogP contribution < -0.4 is 16.0 Å². The first-order valence-corrected chi connectivity index (χ1v) is 7.41. The number of nitrogens with one attached hydrogen (secondary N) is 1. The van der Waals surface area contributed by atoms with Crippen LogP contribution in [0.5, 0.6) is 0 Å². The Kier molecular flexibility index (Phi) is 3.52. The van der Waals surface area contributed by atoms with E-state index < -0.39 is 0 Å². The second-order valence-electron chi connectivity index (χ2n) is 4.74. The molecule has 0 spiro atoms. The molecule has 1 saturated heterocycles. The fourth-order valence-electron chi connectivity index (χ4n) is 2.35. The largest absolute Gasteiger partial charge is 0.399 e.